The van der Waals surface area contributed by atoms with E-state index < -0.39 is 12.1 Å². The number of nitrogens with zero attached hydrogens (tertiary/aromatic N) is 2. The minimum atomic E-state index is -4.41. The van der Waals surface area contributed by atoms with Gasteiger partial charge >= 0.3 is 12.1 Å². The van der Waals surface area contributed by atoms with Gasteiger partial charge in [-0.1, -0.05) is 24.3 Å². The first kappa shape index (κ1) is 27.0. The molecule has 1 heterocycles. The number of esters is 1. The average molecular weight is 508 g/mol. The third kappa shape index (κ3) is 6.98. The van der Waals surface area contributed by atoms with Crippen LogP contribution in [-0.2, 0) is 11.3 Å². The predicted octanol–water partition coefficient (Wildman–Crippen LogP) is 5.91. The summed E-state index contributed by atoms with van der Waals surface area (Å²) >= 11 is 0. The third-order valence-corrected chi connectivity index (χ3v) is 5.18. The zero-order valence-electron chi connectivity index (χ0n) is 19.9. The summed E-state index contributed by atoms with van der Waals surface area (Å²) < 4.78 is 48.8. The van der Waals surface area contributed by atoms with Crippen LogP contribution < -0.4 is 10.2 Å². The summed E-state index contributed by atoms with van der Waals surface area (Å²) in [6.45, 7) is 5.66. The molecule has 0 N–H and O–H groups in total. The summed E-state index contributed by atoms with van der Waals surface area (Å²) in [6.07, 6.45) is 1.51. The van der Waals surface area contributed by atoms with Crippen molar-refractivity contribution in [3.05, 3.63) is 101 Å². The number of hydrogen-bond acceptors (Lipinski definition) is 5. The number of benzene rings is 2. The van der Waals surface area contributed by atoms with Gasteiger partial charge in [0, 0.05) is 36.1 Å². The highest BCUT2D eigenvalue weighted by molar-refractivity contribution is 5.94. The first-order valence-corrected chi connectivity index (χ1v) is 11.2. The molecule has 3 rings (SSSR count). The Balaban J connectivity index is 2.01. The molecule has 0 aliphatic heterocycles. The number of allylic oxidation sites excluding steroid dienone is 2. The SMILES string of the molecule is C=CCn1cc(-c2ccc(OC/C=C/C(F)(F)F)cc2)c(=O)c(-c2ccc(C#N)c(C(=O)OCC)c2)c1. The smallest absolute Gasteiger partial charge is 0.409 e. The Hall–Kier alpha value is -4.58. The van der Waals surface area contributed by atoms with E-state index >= 15 is 0 Å². The number of nitriles is 1. The number of carbonyl (C=O) groups excluding carboxylic acids is 1. The van der Waals surface area contributed by atoms with Crippen molar-refractivity contribution in [3.63, 3.8) is 0 Å². The number of ether oxygens (including phenoxy) is 2. The number of halogens is 3. The maximum Gasteiger partial charge on any atom is 0.409 e. The fourth-order valence-electron chi connectivity index (χ4n) is 3.54. The molecule has 0 fully saturated rings. The van der Waals surface area contributed by atoms with E-state index in [2.05, 4.69) is 6.58 Å². The first-order valence-electron chi connectivity index (χ1n) is 11.2. The van der Waals surface area contributed by atoms with Crippen LogP contribution in [0.5, 0.6) is 5.75 Å². The molecule has 190 valence electrons. The molecule has 0 saturated carbocycles. The lowest BCUT2D eigenvalue weighted by molar-refractivity contribution is -0.0801. The van der Waals surface area contributed by atoms with E-state index in [1.54, 1.807) is 60.3 Å². The molecule has 0 bridgehead atoms. The molecule has 3 aromatic rings. The lowest BCUT2D eigenvalue weighted by atomic mass is 9.97. The van der Waals surface area contributed by atoms with Crippen LogP contribution in [0.3, 0.4) is 0 Å². The Morgan fingerprint density at radius 1 is 1.11 bits per heavy atom. The average Bonchev–Trinajstić information content (AvgIpc) is 2.87. The van der Waals surface area contributed by atoms with Crippen LogP contribution in [0.4, 0.5) is 13.2 Å². The second-order valence-corrected chi connectivity index (χ2v) is 7.77. The number of hydrogen-bond donors (Lipinski definition) is 0. The Bertz CT molecular complexity index is 1420. The van der Waals surface area contributed by atoms with Crippen LogP contribution in [0.1, 0.15) is 22.8 Å². The molecule has 9 heteroatoms. The highest BCUT2D eigenvalue weighted by Gasteiger charge is 2.21. The highest BCUT2D eigenvalue weighted by Crippen LogP contribution is 2.26. The minimum absolute atomic E-state index is 0.0583. The van der Waals surface area contributed by atoms with Gasteiger partial charge in [-0.05, 0) is 48.4 Å². The fraction of sp³-hybridized carbons (Fsp3) is 0.179. The van der Waals surface area contributed by atoms with E-state index in [1.807, 2.05) is 6.07 Å². The monoisotopic (exact) mass is 508 g/mol. The fourth-order valence-corrected chi connectivity index (χ4v) is 3.54. The molecule has 37 heavy (non-hydrogen) atoms. The van der Waals surface area contributed by atoms with Gasteiger partial charge in [0.1, 0.15) is 18.4 Å². The standard InChI is InChI=1S/C28H23F3N2O4/c1-3-13-33-17-24(19-8-10-22(11-9-19)37-14-5-12-28(29,30)31)26(34)25(18-33)20-6-7-21(16-32)23(15-20)27(35)36-4-2/h3,5-12,15,17-18H,1,4,13-14H2,2H3/b12-5+. The van der Waals surface area contributed by atoms with Gasteiger partial charge in [0.05, 0.1) is 17.7 Å². The maximum absolute atomic E-state index is 13.5. The molecule has 0 aliphatic carbocycles. The molecule has 0 amide bonds. The van der Waals surface area contributed by atoms with Gasteiger partial charge in [-0.2, -0.15) is 18.4 Å². The van der Waals surface area contributed by atoms with Crippen LogP contribution in [0.2, 0.25) is 0 Å². The van der Waals surface area contributed by atoms with Crippen molar-refractivity contribution < 1.29 is 27.4 Å². The second kappa shape index (κ2) is 11.9. The van der Waals surface area contributed by atoms with E-state index in [-0.39, 0.29) is 35.8 Å². The predicted molar refractivity (Wildman–Crippen MR) is 133 cm³/mol. The third-order valence-electron chi connectivity index (χ3n) is 5.18. The topological polar surface area (TPSA) is 81.3 Å². The molecular formula is C28H23F3N2O4. The Kier molecular flexibility index (Phi) is 8.69. The molecule has 0 radical (unpaired) electrons. The highest BCUT2D eigenvalue weighted by atomic mass is 19.4. The van der Waals surface area contributed by atoms with E-state index in [1.165, 1.54) is 12.1 Å². The number of rotatable bonds is 9. The van der Waals surface area contributed by atoms with Crippen molar-refractivity contribution >= 4 is 5.97 Å². The lowest BCUT2D eigenvalue weighted by Crippen LogP contribution is -2.14. The van der Waals surface area contributed by atoms with E-state index in [0.29, 0.717) is 34.5 Å². The second-order valence-electron chi connectivity index (χ2n) is 7.77. The minimum Gasteiger partial charge on any atom is -0.490 e. The summed E-state index contributed by atoms with van der Waals surface area (Å²) in [5.41, 5.74) is 1.51. The molecular weight excluding hydrogens is 485 g/mol. The van der Waals surface area contributed by atoms with Gasteiger partial charge in [0.25, 0.3) is 0 Å². The van der Waals surface area contributed by atoms with Gasteiger partial charge in [0.2, 0.25) is 0 Å². The van der Waals surface area contributed by atoms with Crippen LogP contribution in [0.25, 0.3) is 22.3 Å². The Morgan fingerprint density at radius 3 is 2.35 bits per heavy atom. The lowest BCUT2D eigenvalue weighted by Gasteiger charge is -2.13. The molecule has 0 aliphatic rings. The summed E-state index contributed by atoms with van der Waals surface area (Å²) in [7, 11) is 0. The van der Waals surface area contributed by atoms with Crippen molar-refractivity contribution in [1.29, 1.82) is 5.26 Å². The van der Waals surface area contributed by atoms with E-state index in [9.17, 15) is 28.0 Å². The summed E-state index contributed by atoms with van der Waals surface area (Å²) in [5.74, 6) is -0.326. The zero-order valence-corrected chi connectivity index (χ0v) is 19.9. The van der Waals surface area contributed by atoms with E-state index in [0.717, 1.165) is 6.08 Å². The van der Waals surface area contributed by atoms with Gasteiger partial charge < -0.3 is 14.0 Å². The summed E-state index contributed by atoms with van der Waals surface area (Å²) in [5, 5.41) is 9.39. The normalized spacial score (nSPS) is 11.2. The number of aromatic nitrogens is 1. The number of alkyl halides is 3. The van der Waals surface area contributed by atoms with Crippen LogP contribution in [-0.4, -0.2) is 29.9 Å². The quantitative estimate of drug-likeness (QED) is 0.265. The largest absolute Gasteiger partial charge is 0.490 e. The van der Waals surface area contributed by atoms with Gasteiger partial charge in [-0.25, -0.2) is 4.79 Å². The van der Waals surface area contributed by atoms with E-state index in [4.69, 9.17) is 9.47 Å². The molecule has 0 atom stereocenters. The van der Waals surface area contributed by atoms with Crippen molar-refractivity contribution in [1.82, 2.24) is 4.57 Å². The van der Waals surface area contributed by atoms with Gasteiger partial charge in [-0.15, -0.1) is 6.58 Å². The molecule has 0 saturated heterocycles. The van der Waals surface area contributed by atoms with Crippen LogP contribution in [0, 0.1) is 11.3 Å². The zero-order chi connectivity index (χ0) is 27.0. The molecule has 0 spiro atoms. The van der Waals surface area contributed by atoms with Crippen molar-refractivity contribution in [3.8, 4) is 34.1 Å². The molecule has 1 aromatic heterocycles. The number of carbonyl (C=O) groups is 1. The van der Waals surface area contributed by atoms with Crippen molar-refractivity contribution in [2.75, 3.05) is 13.2 Å². The molecule has 0 unspecified atom stereocenters. The van der Waals surface area contributed by atoms with Crippen LogP contribution in [0.15, 0.2) is 84.5 Å². The Labute approximate surface area is 211 Å². The van der Waals surface area contributed by atoms with Gasteiger partial charge in [-0.3, -0.25) is 4.79 Å². The Morgan fingerprint density at radius 2 is 1.76 bits per heavy atom. The first-order chi connectivity index (χ1) is 17.7. The summed E-state index contributed by atoms with van der Waals surface area (Å²) in [4.78, 5) is 25.9. The maximum atomic E-state index is 13.5. The number of pyridine rings is 1. The van der Waals surface area contributed by atoms with Gasteiger partial charge in [0.15, 0.2) is 5.43 Å². The van der Waals surface area contributed by atoms with Crippen molar-refractivity contribution in [2.24, 2.45) is 0 Å². The molecule has 6 nitrogen and oxygen atoms in total. The van der Waals surface area contributed by atoms with Crippen molar-refractivity contribution in [2.45, 2.75) is 19.6 Å². The van der Waals surface area contributed by atoms with Crippen LogP contribution >= 0.6 is 0 Å². The summed E-state index contributed by atoms with van der Waals surface area (Å²) in [6, 6.07) is 12.8. The molecule has 2 aromatic carbocycles.